The fraction of sp³-hybridized carbons (Fsp3) is 0.500. The third kappa shape index (κ3) is 3.48. The molecule has 118 valence electrons. The van der Waals surface area contributed by atoms with Crippen LogP contribution in [0.1, 0.15) is 12.8 Å². The molecular weight excluding hydrogens is 306 g/mol. The molecule has 8 heteroatoms. The van der Waals surface area contributed by atoms with Crippen LogP contribution in [0.15, 0.2) is 24.5 Å². The van der Waals surface area contributed by atoms with E-state index >= 15 is 0 Å². The molecule has 0 amide bonds. The fourth-order valence-corrected chi connectivity index (χ4v) is 2.98. The van der Waals surface area contributed by atoms with Crippen LogP contribution in [0.3, 0.4) is 0 Å². The Morgan fingerprint density at radius 3 is 2.91 bits per heavy atom. The molecule has 3 atom stereocenters. The van der Waals surface area contributed by atoms with Crippen LogP contribution in [0.5, 0.6) is 5.88 Å². The van der Waals surface area contributed by atoms with Crippen LogP contribution >= 0.6 is 11.6 Å². The van der Waals surface area contributed by atoms with Gasteiger partial charge < -0.3 is 15.2 Å². The summed E-state index contributed by atoms with van der Waals surface area (Å²) in [5.74, 6) is 1.44. The van der Waals surface area contributed by atoms with Gasteiger partial charge in [-0.15, -0.1) is 10.2 Å². The highest BCUT2D eigenvalue weighted by atomic mass is 35.5. The zero-order valence-corrected chi connectivity index (χ0v) is 12.9. The maximum absolute atomic E-state index is 10.2. The van der Waals surface area contributed by atoms with E-state index in [1.165, 1.54) is 0 Å². The van der Waals surface area contributed by atoms with Crippen molar-refractivity contribution in [1.82, 2.24) is 20.0 Å². The first kappa shape index (κ1) is 15.1. The van der Waals surface area contributed by atoms with Crippen molar-refractivity contribution in [2.24, 2.45) is 5.92 Å². The van der Waals surface area contributed by atoms with Crippen LogP contribution in [0.2, 0.25) is 5.02 Å². The minimum atomic E-state index is -0.417. The Kier molecular flexibility index (Phi) is 4.44. The first-order valence-corrected chi connectivity index (χ1v) is 7.52. The zero-order chi connectivity index (χ0) is 15.5. The van der Waals surface area contributed by atoms with Crippen molar-refractivity contribution in [2.75, 3.05) is 12.4 Å². The fourth-order valence-electron chi connectivity index (χ4n) is 2.82. The van der Waals surface area contributed by atoms with Crippen LogP contribution in [0, 0.1) is 5.92 Å². The molecule has 0 spiro atoms. The number of halogens is 1. The predicted molar refractivity (Wildman–Crippen MR) is 82.0 cm³/mol. The summed E-state index contributed by atoms with van der Waals surface area (Å²) in [5, 5.41) is 26.2. The Morgan fingerprint density at radius 1 is 1.41 bits per heavy atom. The lowest BCUT2D eigenvalue weighted by atomic mass is 10.1. The summed E-state index contributed by atoms with van der Waals surface area (Å²) in [6.07, 6.45) is 4.56. The standard InChI is InChI=1S/C14H18ClN5O2/c1-22-14-3-2-13(18-19-14)17-11-4-9(5-12(11)21)7-20-8-10(15)6-16-20/h2-3,6,8-9,11-12,21H,4-5,7H2,1H3,(H,17,18)/t9?,11-,12-/m1/s1. The highest BCUT2D eigenvalue weighted by Crippen LogP contribution is 2.29. The van der Waals surface area contributed by atoms with Gasteiger partial charge in [-0.2, -0.15) is 5.10 Å². The number of aliphatic hydroxyl groups excluding tert-OH is 1. The molecular formula is C14H18ClN5O2. The van der Waals surface area contributed by atoms with Gasteiger partial charge in [-0.25, -0.2) is 0 Å². The Bertz CT molecular complexity index is 618. The molecule has 2 aromatic rings. The quantitative estimate of drug-likeness (QED) is 0.869. The smallest absolute Gasteiger partial charge is 0.233 e. The second kappa shape index (κ2) is 6.50. The molecule has 2 N–H and O–H groups in total. The number of nitrogens with zero attached hydrogens (tertiary/aromatic N) is 4. The second-order valence-corrected chi connectivity index (χ2v) is 5.93. The summed E-state index contributed by atoms with van der Waals surface area (Å²) in [7, 11) is 1.55. The maximum atomic E-state index is 10.2. The van der Waals surface area contributed by atoms with Crippen molar-refractivity contribution in [2.45, 2.75) is 31.5 Å². The van der Waals surface area contributed by atoms with Gasteiger partial charge in [-0.1, -0.05) is 11.6 Å². The van der Waals surface area contributed by atoms with Crippen molar-refractivity contribution in [1.29, 1.82) is 0 Å². The average molecular weight is 324 g/mol. The zero-order valence-electron chi connectivity index (χ0n) is 12.2. The minimum absolute atomic E-state index is 0.0428. The lowest BCUT2D eigenvalue weighted by molar-refractivity contribution is 0.165. The van der Waals surface area contributed by atoms with Gasteiger partial charge in [-0.05, 0) is 24.8 Å². The van der Waals surface area contributed by atoms with E-state index in [0.29, 0.717) is 22.6 Å². The third-order valence-electron chi connectivity index (χ3n) is 3.86. The van der Waals surface area contributed by atoms with E-state index in [1.54, 1.807) is 31.6 Å². The molecule has 7 nitrogen and oxygen atoms in total. The highest BCUT2D eigenvalue weighted by molar-refractivity contribution is 6.30. The van der Waals surface area contributed by atoms with Gasteiger partial charge in [0.1, 0.15) is 5.82 Å². The monoisotopic (exact) mass is 323 g/mol. The maximum Gasteiger partial charge on any atom is 0.233 e. The first-order chi connectivity index (χ1) is 10.6. The van der Waals surface area contributed by atoms with Gasteiger partial charge >= 0.3 is 0 Å². The molecule has 0 saturated heterocycles. The number of aliphatic hydroxyl groups is 1. The van der Waals surface area contributed by atoms with Crippen molar-refractivity contribution in [3.63, 3.8) is 0 Å². The first-order valence-electron chi connectivity index (χ1n) is 7.14. The molecule has 0 aromatic carbocycles. The van der Waals surface area contributed by atoms with Gasteiger partial charge in [0.05, 0.1) is 30.5 Å². The van der Waals surface area contributed by atoms with E-state index in [9.17, 15) is 5.11 Å². The van der Waals surface area contributed by atoms with Crippen molar-refractivity contribution in [3.05, 3.63) is 29.5 Å². The summed E-state index contributed by atoms with van der Waals surface area (Å²) in [6, 6.07) is 3.48. The number of hydrogen-bond acceptors (Lipinski definition) is 6. The van der Waals surface area contributed by atoms with Gasteiger partial charge in [0.15, 0.2) is 0 Å². The van der Waals surface area contributed by atoms with E-state index in [0.717, 1.165) is 19.4 Å². The van der Waals surface area contributed by atoms with Gasteiger partial charge in [-0.3, -0.25) is 4.68 Å². The lowest BCUT2D eigenvalue weighted by Crippen LogP contribution is -2.28. The average Bonchev–Trinajstić information content (AvgIpc) is 3.06. The molecule has 22 heavy (non-hydrogen) atoms. The van der Waals surface area contributed by atoms with Crippen LogP contribution in [-0.4, -0.2) is 44.3 Å². The number of aromatic nitrogens is 4. The second-order valence-electron chi connectivity index (χ2n) is 5.50. The summed E-state index contributed by atoms with van der Waals surface area (Å²) >= 11 is 5.86. The number of hydrogen-bond donors (Lipinski definition) is 2. The molecule has 1 aliphatic rings. The Morgan fingerprint density at radius 2 is 2.27 bits per heavy atom. The van der Waals surface area contributed by atoms with E-state index in [4.69, 9.17) is 16.3 Å². The number of anilines is 1. The van der Waals surface area contributed by atoms with Crippen LogP contribution in [0.25, 0.3) is 0 Å². The number of ether oxygens (including phenoxy) is 1. The molecule has 1 unspecified atom stereocenters. The van der Waals surface area contributed by atoms with Crippen LogP contribution in [-0.2, 0) is 6.54 Å². The normalized spacial score (nSPS) is 24.4. The van der Waals surface area contributed by atoms with E-state index in [-0.39, 0.29) is 6.04 Å². The van der Waals surface area contributed by atoms with Crippen molar-refractivity contribution in [3.8, 4) is 5.88 Å². The molecule has 1 fully saturated rings. The molecule has 1 aliphatic carbocycles. The Balaban J connectivity index is 1.58. The summed E-state index contributed by atoms with van der Waals surface area (Å²) in [4.78, 5) is 0. The van der Waals surface area contributed by atoms with Gasteiger partial charge in [0.2, 0.25) is 5.88 Å². The highest BCUT2D eigenvalue weighted by Gasteiger charge is 2.33. The summed E-state index contributed by atoms with van der Waals surface area (Å²) < 4.78 is 6.79. The van der Waals surface area contributed by atoms with Gasteiger partial charge in [0.25, 0.3) is 0 Å². The van der Waals surface area contributed by atoms with E-state index in [2.05, 4.69) is 20.6 Å². The molecule has 3 rings (SSSR count). The number of methoxy groups -OCH3 is 1. The molecule has 2 aromatic heterocycles. The van der Waals surface area contributed by atoms with Crippen molar-refractivity contribution < 1.29 is 9.84 Å². The topological polar surface area (TPSA) is 85.1 Å². The largest absolute Gasteiger partial charge is 0.480 e. The molecule has 1 saturated carbocycles. The molecule has 0 aliphatic heterocycles. The Hall–Kier alpha value is -1.86. The van der Waals surface area contributed by atoms with Crippen LogP contribution < -0.4 is 10.1 Å². The van der Waals surface area contributed by atoms with E-state index in [1.807, 2.05) is 4.68 Å². The number of nitrogens with one attached hydrogen (secondary N) is 1. The lowest BCUT2D eigenvalue weighted by Gasteiger charge is -2.16. The number of rotatable bonds is 5. The summed E-state index contributed by atoms with van der Waals surface area (Å²) in [5.41, 5.74) is 0. The molecule has 0 radical (unpaired) electrons. The summed E-state index contributed by atoms with van der Waals surface area (Å²) in [6.45, 7) is 0.746. The molecule has 2 heterocycles. The Labute approximate surface area is 133 Å². The predicted octanol–water partition coefficient (Wildman–Crippen LogP) is 1.59. The molecule has 0 bridgehead atoms. The third-order valence-corrected chi connectivity index (χ3v) is 4.05. The van der Waals surface area contributed by atoms with Crippen LogP contribution in [0.4, 0.5) is 5.82 Å². The SMILES string of the molecule is COc1ccc(N[C@@H]2CC(Cn3cc(Cl)cn3)C[C@H]2O)nn1. The van der Waals surface area contributed by atoms with E-state index < -0.39 is 6.10 Å². The van der Waals surface area contributed by atoms with Gasteiger partial charge in [0, 0.05) is 18.8 Å². The van der Waals surface area contributed by atoms with Crippen molar-refractivity contribution >= 4 is 17.4 Å². The minimum Gasteiger partial charge on any atom is -0.480 e.